The van der Waals surface area contributed by atoms with Gasteiger partial charge in [0, 0.05) is 25.6 Å². The first-order valence-electron chi connectivity index (χ1n) is 6.39. The first kappa shape index (κ1) is 13.7. The van der Waals surface area contributed by atoms with E-state index in [9.17, 15) is 4.79 Å². The fourth-order valence-corrected chi connectivity index (χ4v) is 1.92. The van der Waals surface area contributed by atoms with Gasteiger partial charge in [-0.15, -0.1) is 0 Å². The Morgan fingerprint density at radius 2 is 2.06 bits per heavy atom. The predicted molar refractivity (Wildman–Crippen MR) is 65.5 cm³/mol. The highest BCUT2D eigenvalue weighted by molar-refractivity contribution is 5.83. The van der Waals surface area contributed by atoms with Gasteiger partial charge in [0.05, 0.1) is 6.61 Å². The lowest BCUT2D eigenvalue weighted by atomic mass is 10.0. The summed E-state index contributed by atoms with van der Waals surface area (Å²) in [4.78, 5) is 14.2. The van der Waals surface area contributed by atoms with Gasteiger partial charge in [0.25, 0.3) is 0 Å². The smallest absolute Gasteiger partial charge is 0.162 e. The molecule has 0 aromatic heterocycles. The monoisotopic (exact) mass is 227 g/mol. The summed E-state index contributed by atoms with van der Waals surface area (Å²) in [5.74, 6) is 0.868. The molecular weight excluding hydrogens is 202 g/mol. The maximum absolute atomic E-state index is 11.9. The number of carbonyl (C=O) groups excluding carboxylic acids is 1. The number of hydrogen-bond acceptors (Lipinski definition) is 3. The Labute approximate surface area is 99.1 Å². The van der Waals surface area contributed by atoms with Crippen molar-refractivity contribution in [3.8, 4) is 0 Å². The summed E-state index contributed by atoms with van der Waals surface area (Å²) in [5.41, 5.74) is 0. The molecule has 0 radical (unpaired) electrons. The van der Waals surface area contributed by atoms with Crippen molar-refractivity contribution in [3.63, 3.8) is 0 Å². The number of nitrogens with zero attached hydrogens (tertiary/aromatic N) is 1. The molecule has 0 aromatic rings. The number of ether oxygens (including phenoxy) is 1. The minimum absolute atomic E-state index is 0.185. The molecular formula is C13H25NO2. The standard InChI is InChI=1S/C13H25NO2/c1-10(2)5-6-12(15)13-9-14(11(3)4)7-8-16-13/h10-11,13H,5-9H2,1-4H3. The number of ketones is 1. The molecule has 1 fully saturated rings. The van der Waals surface area contributed by atoms with Gasteiger partial charge in [-0.1, -0.05) is 13.8 Å². The molecule has 0 spiro atoms. The summed E-state index contributed by atoms with van der Waals surface area (Å²) in [6, 6.07) is 0.504. The second kappa shape index (κ2) is 6.36. The van der Waals surface area contributed by atoms with Crippen LogP contribution in [0.1, 0.15) is 40.5 Å². The van der Waals surface area contributed by atoms with Gasteiger partial charge in [0.2, 0.25) is 0 Å². The zero-order chi connectivity index (χ0) is 12.1. The molecule has 1 heterocycles. The van der Waals surface area contributed by atoms with Crippen LogP contribution in [-0.2, 0) is 9.53 Å². The maximum atomic E-state index is 11.9. The van der Waals surface area contributed by atoms with Gasteiger partial charge in [0.1, 0.15) is 6.10 Å². The molecule has 0 saturated carbocycles. The molecule has 3 heteroatoms. The van der Waals surface area contributed by atoms with Crippen molar-refractivity contribution in [2.45, 2.75) is 52.7 Å². The summed E-state index contributed by atoms with van der Waals surface area (Å²) in [5, 5.41) is 0. The Hall–Kier alpha value is -0.410. The van der Waals surface area contributed by atoms with Crippen LogP contribution in [0.5, 0.6) is 0 Å². The molecule has 3 nitrogen and oxygen atoms in total. The molecule has 0 amide bonds. The van der Waals surface area contributed by atoms with Crippen LogP contribution in [0.25, 0.3) is 0 Å². The van der Waals surface area contributed by atoms with Gasteiger partial charge in [-0.3, -0.25) is 9.69 Å². The van der Waals surface area contributed by atoms with Gasteiger partial charge < -0.3 is 4.74 Å². The Morgan fingerprint density at radius 3 is 2.62 bits per heavy atom. The van der Waals surface area contributed by atoms with Gasteiger partial charge in [0.15, 0.2) is 5.78 Å². The van der Waals surface area contributed by atoms with Crippen molar-refractivity contribution in [3.05, 3.63) is 0 Å². The first-order chi connectivity index (χ1) is 7.50. The first-order valence-corrected chi connectivity index (χ1v) is 6.39. The highest BCUT2D eigenvalue weighted by atomic mass is 16.5. The summed E-state index contributed by atoms with van der Waals surface area (Å²) < 4.78 is 5.56. The third-order valence-corrected chi connectivity index (χ3v) is 3.16. The van der Waals surface area contributed by atoms with Crippen molar-refractivity contribution >= 4 is 5.78 Å². The number of morpholine rings is 1. The lowest BCUT2D eigenvalue weighted by molar-refractivity contribution is -0.137. The van der Waals surface area contributed by atoms with Crippen LogP contribution in [0.3, 0.4) is 0 Å². The van der Waals surface area contributed by atoms with E-state index < -0.39 is 0 Å². The molecule has 0 aliphatic carbocycles. The van der Waals surface area contributed by atoms with E-state index in [4.69, 9.17) is 4.74 Å². The minimum Gasteiger partial charge on any atom is -0.368 e. The minimum atomic E-state index is -0.185. The topological polar surface area (TPSA) is 29.5 Å². The lowest BCUT2D eigenvalue weighted by Crippen LogP contribution is -2.48. The van der Waals surface area contributed by atoms with Crippen LogP contribution in [0.2, 0.25) is 0 Å². The van der Waals surface area contributed by atoms with Gasteiger partial charge in [-0.25, -0.2) is 0 Å². The largest absolute Gasteiger partial charge is 0.368 e. The molecule has 1 atom stereocenters. The van der Waals surface area contributed by atoms with Gasteiger partial charge >= 0.3 is 0 Å². The Balaban J connectivity index is 2.38. The third kappa shape index (κ3) is 4.22. The van der Waals surface area contributed by atoms with E-state index in [1.807, 2.05) is 0 Å². The molecule has 0 bridgehead atoms. The van der Waals surface area contributed by atoms with Gasteiger partial charge in [-0.2, -0.15) is 0 Å². The van der Waals surface area contributed by atoms with Gasteiger partial charge in [-0.05, 0) is 26.2 Å². The maximum Gasteiger partial charge on any atom is 0.162 e. The molecule has 94 valence electrons. The molecule has 1 rings (SSSR count). The fourth-order valence-electron chi connectivity index (χ4n) is 1.92. The summed E-state index contributed by atoms with van der Waals surface area (Å²) in [7, 11) is 0. The average Bonchev–Trinajstić information content (AvgIpc) is 2.26. The molecule has 0 N–H and O–H groups in total. The van der Waals surface area contributed by atoms with Crippen LogP contribution in [-0.4, -0.2) is 42.5 Å². The quantitative estimate of drug-likeness (QED) is 0.720. The van der Waals surface area contributed by atoms with Crippen LogP contribution < -0.4 is 0 Å². The predicted octanol–water partition coefficient (Wildman–Crippen LogP) is 2.10. The molecule has 1 aliphatic heterocycles. The van der Waals surface area contributed by atoms with Crippen LogP contribution in [0.15, 0.2) is 0 Å². The summed E-state index contributed by atoms with van der Waals surface area (Å²) >= 11 is 0. The molecule has 0 aromatic carbocycles. The highest BCUT2D eigenvalue weighted by Crippen LogP contribution is 2.13. The van der Waals surface area contributed by atoms with Crippen LogP contribution in [0.4, 0.5) is 0 Å². The highest BCUT2D eigenvalue weighted by Gasteiger charge is 2.27. The molecule has 16 heavy (non-hydrogen) atoms. The number of Topliss-reactive ketones (excluding diaryl/α,β-unsaturated/α-hetero) is 1. The van der Waals surface area contributed by atoms with Crippen molar-refractivity contribution in [1.82, 2.24) is 4.90 Å². The number of hydrogen-bond donors (Lipinski definition) is 0. The zero-order valence-electron chi connectivity index (χ0n) is 11.0. The Bertz CT molecular complexity index is 226. The molecule has 1 unspecified atom stereocenters. The van der Waals surface area contributed by atoms with E-state index in [-0.39, 0.29) is 11.9 Å². The van der Waals surface area contributed by atoms with E-state index >= 15 is 0 Å². The average molecular weight is 227 g/mol. The van der Waals surface area contributed by atoms with E-state index in [0.29, 0.717) is 25.0 Å². The number of rotatable bonds is 5. The van der Waals surface area contributed by atoms with Crippen molar-refractivity contribution in [2.75, 3.05) is 19.7 Å². The molecule has 1 saturated heterocycles. The summed E-state index contributed by atoms with van der Waals surface area (Å²) in [6.07, 6.45) is 1.45. The van der Waals surface area contributed by atoms with Crippen molar-refractivity contribution in [2.24, 2.45) is 5.92 Å². The van der Waals surface area contributed by atoms with Crippen molar-refractivity contribution < 1.29 is 9.53 Å². The van der Waals surface area contributed by atoms with Crippen LogP contribution in [0, 0.1) is 5.92 Å². The molecule has 1 aliphatic rings. The van der Waals surface area contributed by atoms with Crippen molar-refractivity contribution in [1.29, 1.82) is 0 Å². The third-order valence-electron chi connectivity index (χ3n) is 3.16. The Kier molecular flexibility index (Phi) is 5.42. The van der Waals surface area contributed by atoms with E-state index in [1.165, 1.54) is 0 Å². The number of carbonyl (C=O) groups is 1. The normalized spacial score (nSPS) is 23.0. The lowest BCUT2D eigenvalue weighted by Gasteiger charge is -2.34. The summed E-state index contributed by atoms with van der Waals surface area (Å²) in [6.45, 7) is 11.0. The fraction of sp³-hybridized carbons (Fsp3) is 0.923. The van der Waals surface area contributed by atoms with E-state index in [0.717, 1.165) is 19.5 Å². The Morgan fingerprint density at radius 1 is 1.38 bits per heavy atom. The second-order valence-electron chi connectivity index (χ2n) is 5.35. The second-order valence-corrected chi connectivity index (χ2v) is 5.35. The SMILES string of the molecule is CC(C)CCC(=O)C1CN(C(C)C)CCO1. The van der Waals surface area contributed by atoms with Crippen LogP contribution >= 0.6 is 0 Å². The zero-order valence-corrected chi connectivity index (χ0v) is 11.0. The van der Waals surface area contributed by atoms with E-state index in [2.05, 4.69) is 32.6 Å². The van der Waals surface area contributed by atoms with E-state index in [1.54, 1.807) is 0 Å².